The van der Waals surface area contributed by atoms with Crippen molar-refractivity contribution < 1.29 is 14.3 Å². The van der Waals surface area contributed by atoms with E-state index in [1.165, 1.54) is 11.3 Å². The molecule has 4 aromatic rings. The van der Waals surface area contributed by atoms with E-state index in [-0.39, 0.29) is 11.3 Å². The molecule has 3 heterocycles. The molecule has 3 atom stereocenters. The van der Waals surface area contributed by atoms with Gasteiger partial charge < -0.3 is 9.47 Å². The number of aromatic nitrogens is 1. The molecule has 6 nitrogen and oxygen atoms in total. The number of para-hydroxylation sites is 1. The van der Waals surface area contributed by atoms with E-state index in [0.29, 0.717) is 21.7 Å². The van der Waals surface area contributed by atoms with Crippen molar-refractivity contribution in [2.24, 2.45) is 10.9 Å². The van der Waals surface area contributed by atoms with Crippen LogP contribution in [0, 0.1) is 5.92 Å². The van der Waals surface area contributed by atoms with Crippen LogP contribution in [0.25, 0.3) is 6.08 Å². The highest BCUT2D eigenvalue weighted by molar-refractivity contribution is 7.07. The van der Waals surface area contributed by atoms with Gasteiger partial charge in [-0.25, -0.2) is 4.99 Å². The molecule has 0 radical (unpaired) electrons. The van der Waals surface area contributed by atoms with Crippen LogP contribution in [0.4, 0.5) is 0 Å². The summed E-state index contributed by atoms with van der Waals surface area (Å²) >= 11 is 1.32. The molecule has 0 aliphatic carbocycles. The lowest BCUT2D eigenvalue weighted by atomic mass is 9.79. The number of carbonyl (C=O) groups excluding carboxylic acids is 1. The van der Waals surface area contributed by atoms with Gasteiger partial charge in [0.15, 0.2) is 4.80 Å². The fourth-order valence-electron chi connectivity index (χ4n) is 5.11. The van der Waals surface area contributed by atoms with Crippen LogP contribution in [0.5, 0.6) is 11.5 Å². The standard InChI is InChI=1S/C29H24N2O4S/c1-18(32)25-26-22-10-6-7-11-23(22)35-29(25,2)30-28-31(26)27(33)24(36-28)16-19-12-14-21(15-13-19)34-17-20-8-4-3-5-9-20/h3-16,25-26H,17H2,1-2H3/b24-16+. The lowest BCUT2D eigenvalue weighted by Gasteiger charge is -2.45. The highest BCUT2D eigenvalue weighted by Crippen LogP contribution is 2.47. The summed E-state index contributed by atoms with van der Waals surface area (Å²) in [5.74, 6) is 0.779. The topological polar surface area (TPSA) is 69.9 Å². The lowest BCUT2D eigenvalue weighted by Crippen LogP contribution is -2.58. The number of rotatable bonds is 5. The number of ketones is 1. The van der Waals surface area contributed by atoms with Crippen LogP contribution >= 0.6 is 11.3 Å². The van der Waals surface area contributed by atoms with Gasteiger partial charge >= 0.3 is 0 Å². The van der Waals surface area contributed by atoms with Gasteiger partial charge in [0.05, 0.1) is 10.6 Å². The van der Waals surface area contributed by atoms with E-state index in [1.54, 1.807) is 11.5 Å². The predicted molar refractivity (Wildman–Crippen MR) is 138 cm³/mol. The Morgan fingerprint density at radius 1 is 1.08 bits per heavy atom. The largest absolute Gasteiger partial charge is 0.489 e. The van der Waals surface area contributed by atoms with Crippen molar-refractivity contribution in [3.63, 3.8) is 0 Å². The second-order valence-corrected chi connectivity index (χ2v) is 10.3. The van der Waals surface area contributed by atoms with Crippen molar-refractivity contribution in [2.75, 3.05) is 0 Å². The van der Waals surface area contributed by atoms with E-state index in [1.807, 2.05) is 91.9 Å². The summed E-state index contributed by atoms with van der Waals surface area (Å²) in [6, 6.07) is 24.8. The van der Waals surface area contributed by atoms with Gasteiger partial charge in [0.1, 0.15) is 29.8 Å². The van der Waals surface area contributed by atoms with Gasteiger partial charge in [0.2, 0.25) is 5.72 Å². The summed E-state index contributed by atoms with van der Waals surface area (Å²) in [6.07, 6.45) is 1.86. The van der Waals surface area contributed by atoms with Gasteiger partial charge in [0.25, 0.3) is 5.56 Å². The van der Waals surface area contributed by atoms with Gasteiger partial charge in [0, 0.05) is 5.56 Å². The molecular weight excluding hydrogens is 472 g/mol. The normalized spacial score (nSPS) is 22.1. The van der Waals surface area contributed by atoms with Crippen LogP contribution < -0.4 is 24.4 Å². The predicted octanol–water partition coefficient (Wildman–Crippen LogP) is 3.85. The van der Waals surface area contributed by atoms with E-state index in [2.05, 4.69) is 0 Å². The maximum Gasteiger partial charge on any atom is 0.270 e. The van der Waals surface area contributed by atoms with Gasteiger partial charge in [-0.2, -0.15) is 0 Å². The van der Waals surface area contributed by atoms with E-state index < -0.39 is 17.7 Å². The van der Waals surface area contributed by atoms with Crippen LogP contribution in [0.1, 0.15) is 36.6 Å². The van der Waals surface area contributed by atoms with Crippen LogP contribution in [-0.4, -0.2) is 16.1 Å². The molecule has 3 aromatic carbocycles. The Bertz CT molecular complexity index is 1640. The first-order valence-electron chi connectivity index (χ1n) is 11.8. The van der Waals surface area contributed by atoms with E-state index in [9.17, 15) is 9.59 Å². The Labute approximate surface area is 211 Å². The molecule has 7 heteroatoms. The van der Waals surface area contributed by atoms with Crippen molar-refractivity contribution in [3.05, 3.63) is 115 Å². The maximum atomic E-state index is 13.6. The van der Waals surface area contributed by atoms with Gasteiger partial charge in [-0.05, 0) is 49.2 Å². The monoisotopic (exact) mass is 496 g/mol. The lowest BCUT2D eigenvalue weighted by molar-refractivity contribution is -0.132. The molecule has 2 aliphatic rings. The van der Waals surface area contributed by atoms with E-state index >= 15 is 0 Å². The molecule has 36 heavy (non-hydrogen) atoms. The first-order chi connectivity index (χ1) is 17.4. The second kappa shape index (κ2) is 8.60. The maximum absolute atomic E-state index is 13.6. The van der Waals surface area contributed by atoms with Crippen molar-refractivity contribution in [1.82, 2.24) is 4.57 Å². The van der Waals surface area contributed by atoms with E-state index in [4.69, 9.17) is 14.5 Å². The SMILES string of the molecule is CC(=O)C1C2c3ccccc3OC1(C)N=c1s/c(=C/c3ccc(OCc4ccccc4)cc3)c(=O)n12. The van der Waals surface area contributed by atoms with E-state index in [0.717, 1.165) is 22.4 Å². The second-order valence-electron chi connectivity index (χ2n) is 9.25. The van der Waals surface area contributed by atoms with Gasteiger partial charge in [-0.1, -0.05) is 72.0 Å². The zero-order valence-corrected chi connectivity index (χ0v) is 20.7. The molecule has 0 saturated heterocycles. The molecule has 0 amide bonds. The Kier molecular flexibility index (Phi) is 5.38. The smallest absolute Gasteiger partial charge is 0.270 e. The minimum Gasteiger partial charge on any atom is -0.489 e. The number of carbonyl (C=O) groups is 1. The molecule has 0 spiro atoms. The summed E-state index contributed by atoms with van der Waals surface area (Å²) in [6.45, 7) is 3.86. The first-order valence-corrected chi connectivity index (χ1v) is 12.6. The third kappa shape index (κ3) is 3.76. The quantitative estimate of drug-likeness (QED) is 0.421. The molecular formula is C29H24N2O4S. The molecule has 0 N–H and O–H groups in total. The fraction of sp³-hybridized carbons (Fsp3) is 0.207. The van der Waals surface area contributed by atoms with Gasteiger partial charge in [-0.15, -0.1) is 0 Å². The third-order valence-electron chi connectivity index (χ3n) is 6.74. The molecule has 0 fully saturated rings. The van der Waals surface area contributed by atoms with Gasteiger partial charge in [-0.3, -0.25) is 14.2 Å². The van der Waals surface area contributed by atoms with Crippen LogP contribution in [0.2, 0.25) is 0 Å². The molecule has 1 aromatic heterocycles. The summed E-state index contributed by atoms with van der Waals surface area (Å²) in [7, 11) is 0. The molecule has 6 rings (SSSR count). The summed E-state index contributed by atoms with van der Waals surface area (Å²) < 4.78 is 14.3. The number of fused-ring (bicyclic) bond motifs is 6. The van der Waals surface area contributed by atoms with Crippen molar-refractivity contribution in [2.45, 2.75) is 32.2 Å². The number of hydrogen-bond acceptors (Lipinski definition) is 6. The molecule has 2 aliphatic heterocycles. The molecule has 2 bridgehead atoms. The number of Topliss-reactive ketones (excluding diaryl/α,β-unsaturated/α-hetero) is 1. The summed E-state index contributed by atoms with van der Waals surface area (Å²) in [4.78, 5) is 31.7. The van der Waals surface area contributed by atoms with Crippen molar-refractivity contribution >= 4 is 23.2 Å². The third-order valence-corrected chi connectivity index (χ3v) is 7.73. The Hall–Kier alpha value is -3.97. The van der Waals surface area contributed by atoms with Crippen LogP contribution in [0.3, 0.4) is 0 Å². The Morgan fingerprint density at radius 3 is 2.56 bits per heavy atom. The first kappa shape index (κ1) is 22.5. The number of thiazole rings is 1. The Morgan fingerprint density at radius 2 is 1.81 bits per heavy atom. The van der Waals surface area contributed by atoms with Crippen molar-refractivity contribution in [1.29, 1.82) is 0 Å². The highest BCUT2D eigenvalue weighted by Gasteiger charge is 2.53. The number of nitrogens with zero attached hydrogens (tertiary/aromatic N) is 2. The summed E-state index contributed by atoms with van der Waals surface area (Å²) in [5.41, 5.74) is 1.60. The minimum absolute atomic E-state index is 0.0545. The average molecular weight is 497 g/mol. The average Bonchev–Trinajstić information content (AvgIpc) is 3.16. The number of hydrogen-bond donors (Lipinski definition) is 0. The number of benzene rings is 3. The Balaban J connectivity index is 1.38. The molecule has 180 valence electrons. The zero-order chi connectivity index (χ0) is 24.9. The van der Waals surface area contributed by atoms with Crippen molar-refractivity contribution in [3.8, 4) is 11.5 Å². The molecule has 3 unspecified atom stereocenters. The summed E-state index contributed by atoms with van der Waals surface area (Å²) in [5, 5.41) is 0. The fourth-order valence-corrected chi connectivity index (χ4v) is 6.21. The minimum atomic E-state index is -1.06. The highest BCUT2D eigenvalue weighted by atomic mass is 32.1. The number of ether oxygens (including phenoxy) is 2. The van der Waals surface area contributed by atoms with Crippen LogP contribution in [-0.2, 0) is 11.4 Å². The van der Waals surface area contributed by atoms with Crippen LogP contribution in [0.15, 0.2) is 88.6 Å². The zero-order valence-electron chi connectivity index (χ0n) is 19.9. The molecule has 0 saturated carbocycles.